The fraction of sp³-hybridized carbons (Fsp3) is 0.533. The molecule has 1 fully saturated rings. The quantitative estimate of drug-likeness (QED) is 0.888. The number of amides is 1. The summed E-state index contributed by atoms with van der Waals surface area (Å²) < 4.78 is 0. The van der Waals surface area contributed by atoms with Gasteiger partial charge in [0.1, 0.15) is 5.69 Å². The van der Waals surface area contributed by atoms with Crippen molar-refractivity contribution in [2.45, 2.75) is 26.3 Å². The highest BCUT2D eigenvalue weighted by Crippen LogP contribution is 2.20. The maximum Gasteiger partial charge on any atom is 0.337 e. The third-order valence-corrected chi connectivity index (χ3v) is 4.14. The second-order valence-electron chi connectivity index (χ2n) is 6.10. The molecule has 0 atom stereocenters. The van der Waals surface area contributed by atoms with Crippen LogP contribution in [-0.4, -0.2) is 64.0 Å². The van der Waals surface area contributed by atoms with E-state index in [-0.39, 0.29) is 17.0 Å². The zero-order valence-electron chi connectivity index (χ0n) is 12.9. The average Bonchev–Trinajstić information content (AvgIpc) is 2.40. The summed E-state index contributed by atoms with van der Waals surface area (Å²) in [6.07, 6.45) is 0. The first-order valence-electron chi connectivity index (χ1n) is 6.94. The van der Waals surface area contributed by atoms with Crippen molar-refractivity contribution in [3.8, 4) is 0 Å². The van der Waals surface area contributed by atoms with E-state index >= 15 is 0 Å². The first-order valence-corrected chi connectivity index (χ1v) is 6.94. The number of carbonyl (C=O) groups is 2. The summed E-state index contributed by atoms with van der Waals surface area (Å²) in [6, 6.07) is 2.93. The third-order valence-electron chi connectivity index (χ3n) is 4.14. The van der Waals surface area contributed by atoms with E-state index in [0.717, 1.165) is 6.54 Å². The van der Waals surface area contributed by atoms with E-state index in [2.05, 4.69) is 23.7 Å². The molecule has 1 aromatic heterocycles. The molecule has 1 saturated heterocycles. The molecule has 114 valence electrons. The lowest BCUT2D eigenvalue weighted by Gasteiger charge is -2.45. The highest BCUT2D eigenvalue weighted by Gasteiger charge is 2.34. The molecular weight excluding hydrogens is 270 g/mol. The topological polar surface area (TPSA) is 73.7 Å². The van der Waals surface area contributed by atoms with E-state index in [1.807, 2.05) is 7.05 Å². The SMILES string of the molecule is Cc1nc(C(=O)N2CCN(C)C(C)(C)C2)ccc1C(=O)O. The lowest BCUT2D eigenvalue weighted by Crippen LogP contribution is -2.58. The van der Waals surface area contributed by atoms with Crippen LogP contribution in [0.1, 0.15) is 40.4 Å². The van der Waals surface area contributed by atoms with Crippen LogP contribution < -0.4 is 0 Å². The number of likely N-dealkylation sites (N-methyl/N-ethyl adjacent to an activating group) is 1. The maximum absolute atomic E-state index is 12.5. The first-order chi connectivity index (χ1) is 9.72. The Bertz CT molecular complexity index is 584. The van der Waals surface area contributed by atoms with E-state index in [4.69, 9.17) is 5.11 Å². The summed E-state index contributed by atoms with van der Waals surface area (Å²) >= 11 is 0. The summed E-state index contributed by atoms with van der Waals surface area (Å²) in [4.78, 5) is 31.7. The number of hydrogen-bond donors (Lipinski definition) is 1. The molecule has 0 saturated carbocycles. The number of nitrogens with zero attached hydrogens (tertiary/aromatic N) is 3. The number of aryl methyl sites for hydroxylation is 1. The normalized spacial score (nSPS) is 18.6. The van der Waals surface area contributed by atoms with Crippen LogP contribution in [0.25, 0.3) is 0 Å². The Hall–Kier alpha value is -1.95. The van der Waals surface area contributed by atoms with Gasteiger partial charge in [-0.25, -0.2) is 9.78 Å². The molecule has 1 aliphatic heterocycles. The van der Waals surface area contributed by atoms with Crippen molar-refractivity contribution in [1.29, 1.82) is 0 Å². The van der Waals surface area contributed by atoms with E-state index in [1.165, 1.54) is 12.1 Å². The van der Waals surface area contributed by atoms with E-state index in [9.17, 15) is 9.59 Å². The van der Waals surface area contributed by atoms with E-state index in [0.29, 0.717) is 24.5 Å². The van der Waals surface area contributed by atoms with E-state index in [1.54, 1.807) is 11.8 Å². The molecule has 1 amide bonds. The van der Waals surface area contributed by atoms with Gasteiger partial charge in [-0.2, -0.15) is 0 Å². The van der Waals surface area contributed by atoms with Gasteiger partial charge in [0, 0.05) is 25.2 Å². The molecule has 0 unspecified atom stereocenters. The van der Waals surface area contributed by atoms with Crippen molar-refractivity contribution in [2.75, 3.05) is 26.7 Å². The van der Waals surface area contributed by atoms with Crippen LogP contribution in [0.2, 0.25) is 0 Å². The van der Waals surface area contributed by atoms with Gasteiger partial charge in [-0.1, -0.05) is 0 Å². The van der Waals surface area contributed by atoms with Gasteiger partial charge >= 0.3 is 5.97 Å². The van der Waals surface area contributed by atoms with Gasteiger partial charge in [0.05, 0.1) is 11.3 Å². The first kappa shape index (κ1) is 15.4. The van der Waals surface area contributed by atoms with Crippen molar-refractivity contribution < 1.29 is 14.7 Å². The molecule has 0 bridgehead atoms. The predicted molar refractivity (Wildman–Crippen MR) is 78.5 cm³/mol. The molecule has 2 rings (SSSR count). The molecule has 1 aromatic rings. The van der Waals surface area contributed by atoms with Gasteiger partial charge in [0.25, 0.3) is 5.91 Å². The largest absolute Gasteiger partial charge is 0.478 e. The number of piperazine rings is 1. The van der Waals surface area contributed by atoms with Crippen LogP contribution in [0, 0.1) is 6.92 Å². The van der Waals surface area contributed by atoms with Gasteiger partial charge in [-0.05, 0) is 40.0 Å². The third kappa shape index (κ3) is 3.05. The van der Waals surface area contributed by atoms with Crippen LogP contribution in [0.3, 0.4) is 0 Å². The summed E-state index contributed by atoms with van der Waals surface area (Å²) in [5.41, 5.74) is 0.717. The molecule has 0 aromatic carbocycles. The van der Waals surface area contributed by atoms with Gasteiger partial charge in [-0.3, -0.25) is 9.69 Å². The molecule has 21 heavy (non-hydrogen) atoms. The number of carboxylic acid groups (broad SMARTS) is 1. The van der Waals surface area contributed by atoms with Gasteiger partial charge in [-0.15, -0.1) is 0 Å². The molecule has 0 spiro atoms. The fourth-order valence-electron chi connectivity index (χ4n) is 2.48. The standard InChI is InChI=1S/C15H21N3O3/c1-10-11(14(20)21)5-6-12(16-10)13(19)18-8-7-17(4)15(2,3)9-18/h5-6H,7-9H2,1-4H3,(H,20,21). The molecule has 6 nitrogen and oxygen atoms in total. The van der Waals surface area contributed by atoms with Gasteiger partial charge < -0.3 is 10.0 Å². The summed E-state index contributed by atoms with van der Waals surface area (Å²) in [7, 11) is 2.05. The number of aromatic nitrogens is 1. The van der Waals surface area contributed by atoms with E-state index < -0.39 is 5.97 Å². The second-order valence-corrected chi connectivity index (χ2v) is 6.10. The molecule has 0 aliphatic carbocycles. The van der Waals surface area contributed by atoms with Crippen molar-refractivity contribution in [2.24, 2.45) is 0 Å². The van der Waals surface area contributed by atoms with Crippen molar-refractivity contribution >= 4 is 11.9 Å². The minimum atomic E-state index is -1.03. The second kappa shape index (κ2) is 5.44. The van der Waals surface area contributed by atoms with Crippen LogP contribution in [-0.2, 0) is 0 Å². The molecule has 1 N–H and O–H groups in total. The van der Waals surface area contributed by atoms with Crippen molar-refractivity contribution in [1.82, 2.24) is 14.8 Å². The monoisotopic (exact) mass is 291 g/mol. The van der Waals surface area contributed by atoms with Crippen molar-refractivity contribution in [3.63, 3.8) is 0 Å². The number of carboxylic acids is 1. The lowest BCUT2D eigenvalue weighted by molar-refractivity contribution is 0.0307. The molecule has 6 heteroatoms. The van der Waals surface area contributed by atoms with Crippen molar-refractivity contribution in [3.05, 3.63) is 29.1 Å². The summed E-state index contributed by atoms with van der Waals surface area (Å²) in [5.74, 6) is -1.17. The average molecular weight is 291 g/mol. The number of hydrogen-bond acceptors (Lipinski definition) is 4. The Morgan fingerprint density at radius 2 is 1.95 bits per heavy atom. The Balaban J connectivity index is 2.21. The highest BCUT2D eigenvalue weighted by molar-refractivity contribution is 5.94. The van der Waals surface area contributed by atoms with Crippen LogP contribution in [0.15, 0.2) is 12.1 Å². The molecule has 1 aliphatic rings. The van der Waals surface area contributed by atoms with Crippen LogP contribution in [0.5, 0.6) is 0 Å². The summed E-state index contributed by atoms with van der Waals surface area (Å²) in [6.45, 7) is 7.89. The lowest BCUT2D eigenvalue weighted by atomic mass is 9.99. The van der Waals surface area contributed by atoms with Gasteiger partial charge in [0.15, 0.2) is 0 Å². The molecular formula is C15H21N3O3. The Labute approximate surface area is 124 Å². The van der Waals surface area contributed by atoms with Crippen LogP contribution in [0.4, 0.5) is 0 Å². The minimum Gasteiger partial charge on any atom is -0.478 e. The Morgan fingerprint density at radius 1 is 1.29 bits per heavy atom. The maximum atomic E-state index is 12.5. The Kier molecular flexibility index (Phi) is 4.00. The number of rotatable bonds is 2. The minimum absolute atomic E-state index is 0.0794. The number of pyridine rings is 1. The summed E-state index contributed by atoms with van der Waals surface area (Å²) in [5, 5.41) is 9.00. The fourth-order valence-corrected chi connectivity index (χ4v) is 2.48. The van der Waals surface area contributed by atoms with Crippen LogP contribution >= 0.6 is 0 Å². The Morgan fingerprint density at radius 3 is 2.48 bits per heavy atom. The number of carbonyl (C=O) groups excluding carboxylic acids is 1. The smallest absolute Gasteiger partial charge is 0.337 e. The zero-order valence-corrected chi connectivity index (χ0v) is 12.9. The zero-order chi connectivity index (χ0) is 15.8. The molecule has 2 heterocycles. The predicted octanol–water partition coefficient (Wildman–Crippen LogP) is 1.25. The number of aromatic carboxylic acids is 1. The highest BCUT2D eigenvalue weighted by atomic mass is 16.4. The van der Waals surface area contributed by atoms with Gasteiger partial charge in [0.2, 0.25) is 0 Å². The molecule has 0 radical (unpaired) electrons.